The van der Waals surface area contributed by atoms with Gasteiger partial charge in [0.1, 0.15) is 12.4 Å². The second-order valence-corrected chi connectivity index (χ2v) is 7.47. The molecule has 1 unspecified atom stereocenters. The van der Waals surface area contributed by atoms with Crippen LogP contribution in [0.4, 0.5) is 10.1 Å². The first-order valence-electron chi connectivity index (χ1n) is 9.65. The molecular weight excluding hydrogens is 357 g/mol. The Hall–Kier alpha value is -2.73. The summed E-state index contributed by atoms with van der Waals surface area (Å²) in [7, 11) is 0. The first-order valence-corrected chi connectivity index (χ1v) is 9.65. The maximum Gasteiger partial charge on any atom is 0.275 e. The van der Waals surface area contributed by atoms with Gasteiger partial charge in [-0.3, -0.25) is 9.59 Å². The summed E-state index contributed by atoms with van der Waals surface area (Å²) in [5.74, 6) is -0.697. The molecule has 0 bridgehead atoms. The molecule has 1 fully saturated rings. The molecule has 1 aliphatic carbocycles. The van der Waals surface area contributed by atoms with Gasteiger partial charge in [-0.1, -0.05) is 36.4 Å². The van der Waals surface area contributed by atoms with Crippen molar-refractivity contribution in [2.75, 3.05) is 18.4 Å². The van der Waals surface area contributed by atoms with Crippen molar-refractivity contribution in [3.8, 4) is 0 Å². The highest BCUT2D eigenvalue weighted by Crippen LogP contribution is 2.19. The average molecular weight is 384 g/mol. The van der Waals surface area contributed by atoms with Crippen LogP contribution < -0.4 is 15.5 Å². The monoisotopic (exact) mass is 384 g/mol. The highest BCUT2D eigenvalue weighted by atomic mass is 19.1. The van der Waals surface area contributed by atoms with Crippen molar-refractivity contribution < 1.29 is 18.9 Å². The van der Waals surface area contributed by atoms with Crippen molar-refractivity contribution in [3.63, 3.8) is 0 Å². The molecule has 1 saturated carbocycles. The van der Waals surface area contributed by atoms with E-state index in [2.05, 4.69) is 10.6 Å². The van der Waals surface area contributed by atoms with Crippen LogP contribution in [0, 0.1) is 19.7 Å². The van der Waals surface area contributed by atoms with Crippen LogP contribution in [0.25, 0.3) is 0 Å². The second-order valence-electron chi connectivity index (χ2n) is 7.47. The lowest BCUT2D eigenvalue weighted by Crippen LogP contribution is -3.13. The number of benzene rings is 2. The molecule has 3 N–H and O–H groups in total. The van der Waals surface area contributed by atoms with Crippen LogP contribution in [0.2, 0.25) is 0 Å². The van der Waals surface area contributed by atoms with E-state index in [-0.39, 0.29) is 30.7 Å². The number of carbonyl (C=O) groups is 2. The van der Waals surface area contributed by atoms with Crippen molar-refractivity contribution in [1.82, 2.24) is 5.32 Å². The molecule has 1 atom stereocenters. The van der Waals surface area contributed by atoms with Crippen molar-refractivity contribution in [2.45, 2.75) is 39.3 Å². The van der Waals surface area contributed by atoms with Crippen LogP contribution in [0.5, 0.6) is 0 Å². The van der Waals surface area contributed by atoms with Gasteiger partial charge in [-0.05, 0) is 31.0 Å². The third-order valence-electron chi connectivity index (χ3n) is 5.11. The van der Waals surface area contributed by atoms with E-state index in [1.807, 2.05) is 32.0 Å². The van der Waals surface area contributed by atoms with E-state index in [4.69, 9.17) is 0 Å². The summed E-state index contributed by atoms with van der Waals surface area (Å²) in [6, 6.07) is 12.9. The number of hydrogen-bond acceptors (Lipinski definition) is 2. The number of amides is 2. The maximum atomic E-state index is 13.9. The minimum absolute atomic E-state index is 0.0791. The van der Waals surface area contributed by atoms with Crippen molar-refractivity contribution in [2.24, 2.45) is 0 Å². The Bertz CT molecular complexity index is 844. The van der Waals surface area contributed by atoms with Crippen molar-refractivity contribution >= 4 is 17.5 Å². The summed E-state index contributed by atoms with van der Waals surface area (Å²) in [4.78, 5) is 25.6. The number of nitrogens with one attached hydrogen (secondary N) is 3. The molecule has 5 nitrogen and oxygen atoms in total. The Labute approximate surface area is 164 Å². The quantitative estimate of drug-likeness (QED) is 0.649. The third kappa shape index (κ3) is 5.39. The fourth-order valence-corrected chi connectivity index (χ4v) is 3.37. The lowest BCUT2D eigenvalue weighted by Gasteiger charge is -2.19. The third-order valence-corrected chi connectivity index (χ3v) is 5.11. The van der Waals surface area contributed by atoms with Crippen LogP contribution in [-0.2, 0) is 16.1 Å². The number of hydrogen-bond donors (Lipinski definition) is 3. The molecule has 0 radical (unpaired) electrons. The van der Waals surface area contributed by atoms with Crippen LogP contribution in [0.3, 0.4) is 0 Å². The van der Waals surface area contributed by atoms with E-state index in [0.717, 1.165) is 34.6 Å². The Balaban J connectivity index is 1.51. The van der Waals surface area contributed by atoms with E-state index in [1.54, 1.807) is 18.2 Å². The molecule has 0 saturated heterocycles. The molecule has 2 aromatic rings. The second kappa shape index (κ2) is 8.97. The molecule has 2 aromatic carbocycles. The van der Waals surface area contributed by atoms with Gasteiger partial charge in [0.15, 0.2) is 6.54 Å². The normalized spacial score (nSPS) is 14.4. The van der Waals surface area contributed by atoms with Crippen molar-refractivity contribution in [3.05, 3.63) is 65.0 Å². The van der Waals surface area contributed by atoms with Crippen LogP contribution in [0.1, 0.15) is 29.5 Å². The fraction of sp³-hybridized carbons (Fsp3) is 0.364. The predicted octanol–water partition coefficient (Wildman–Crippen LogP) is 1.74. The molecule has 0 aromatic heterocycles. The lowest BCUT2D eigenvalue weighted by molar-refractivity contribution is -0.917. The molecule has 28 heavy (non-hydrogen) atoms. The molecule has 0 heterocycles. The highest BCUT2D eigenvalue weighted by Gasteiger charge is 2.35. The van der Waals surface area contributed by atoms with Crippen LogP contribution in [-0.4, -0.2) is 30.9 Å². The van der Waals surface area contributed by atoms with Gasteiger partial charge in [-0.25, -0.2) is 4.39 Å². The number of carbonyl (C=O) groups excluding carboxylic acids is 2. The number of rotatable bonds is 8. The zero-order valence-corrected chi connectivity index (χ0v) is 16.3. The fourth-order valence-electron chi connectivity index (χ4n) is 3.37. The van der Waals surface area contributed by atoms with Gasteiger partial charge in [0.05, 0.1) is 12.6 Å². The van der Waals surface area contributed by atoms with Gasteiger partial charge in [0, 0.05) is 24.1 Å². The predicted molar refractivity (Wildman–Crippen MR) is 107 cm³/mol. The van der Waals surface area contributed by atoms with Gasteiger partial charge in [0.2, 0.25) is 5.91 Å². The van der Waals surface area contributed by atoms with Gasteiger partial charge >= 0.3 is 0 Å². The lowest BCUT2D eigenvalue weighted by atomic mass is 10.1. The Kier molecular flexibility index (Phi) is 6.41. The molecule has 3 rings (SSSR count). The van der Waals surface area contributed by atoms with Gasteiger partial charge in [0.25, 0.3) is 5.91 Å². The number of aryl methyl sites for hydroxylation is 2. The molecule has 148 valence electrons. The molecular formula is C22H27FN3O2+. The molecule has 1 aliphatic rings. The van der Waals surface area contributed by atoms with Crippen molar-refractivity contribution in [1.29, 1.82) is 0 Å². The first-order chi connectivity index (χ1) is 13.4. The summed E-state index contributed by atoms with van der Waals surface area (Å²) < 4.78 is 13.9. The maximum absolute atomic E-state index is 13.9. The van der Waals surface area contributed by atoms with Gasteiger partial charge in [-0.15, -0.1) is 0 Å². The standard InChI is InChI=1S/C22H26FN3O2/c1-15-6-5-7-16(2)22(15)25-20(27)12-24-21(28)14-26(18-10-11-18)13-17-8-3-4-9-19(17)23/h3-9,18H,10-14H2,1-2H3,(H,24,28)(H,25,27)/p+1. The SMILES string of the molecule is Cc1cccc(C)c1NC(=O)CNC(=O)C[NH+](Cc1ccccc1F)C1CC1. The van der Waals surface area contributed by atoms with E-state index >= 15 is 0 Å². The smallest absolute Gasteiger partial charge is 0.275 e. The van der Waals surface area contributed by atoms with Crippen LogP contribution >= 0.6 is 0 Å². The summed E-state index contributed by atoms with van der Waals surface area (Å²) in [5, 5.41) is 5.55. The first kappa shape index (κ1) is 20.0. The van der Waals surface area contributed by atoms with E-state index in [1.165, 1.54) is 6.07 Å². The molecule has 0 spiro atoms. The largest absolute Gasteiger partial charge is 0.342 e. The van der Waals surface area contributed by atoms with E-state index in [9.17, 15) is 14.0 Å². The number of anilines is 1. The molecule has 6 heteroatoms. The van der Waals surface area contributed by atoms with Crippen LogP contribution in [0.15, 0.2) is 42.5 Å². The minimum atomic E-state index is -0.257. The average Bonchev–Trinajstić information content (AvgIpc) is 3.49. The molecule has 2 amide bonds. The highest BCUT2D eigenvalue weighted by molar-refractivity contribution is 5.95. The number of halogens is 1. The Morgan fingerprint density at radius 3 is 2.36 bits per heavy atom. The number of quaternary nitrogens is 1. The Morgan fingerprint density at radius 1 is 1.04 bits per heavy atom. The van der Waals surface area contributed by atoms with Gasteiger partial charge < -0.3 is 15.5 Å². The zero-order valence-electron chi connectivity index (χ0n) is 16.3. The summed E-state index contributed by atoms with van der Waals surface area (Å²) in [6.07, 6.45) is 2.09. The number of para-hydroxylation sites is 1. The zero-order chi connectivity index (χ0) is 20.1. The van der Waals surface area contributed by atoms with E-state index in [0.29, 0.717) is 18.2 Å². The van der Waals surface area contributed by atoms with Gasteiger partial charge in [-0.2, -0.15) is 0 Å². The molecule has 0 aliphatic heterocycles. The summed E-state index contributed by atoms with van der Waals surface area (Å²) in [5.41, 5.74) is 3.36. The topological polar surface area (TPSA) is 62.6 Å². The summed E-state index contributed by atoms with van der Waals surface area (Å²) in [6.45, 7) is 4.49. The minimum Gasteiger partial charge on any atom is -0.342 e. The Morgan fingerprint density at radius 2 is 1.71 bits per heavy atom. The van der Waals surface area contributed by atoms with E-state index < -0.39 is 0 Å². The summed E-state index contributed by atoms with van der Waals surface area (Å²) >= 11 is 0.